The summed E-state index contributed by atoms with van der Waals surface area (Å²) in [4.78, 5) is 15.5. The molecule has 1 amide bonds. The summed E-state index contributed by atoms with van der Waals surface area (Å²) in [6.07, 6.45) is 3.23. The largest absolute Gasteiger partial charge is 0.497 e. The van der Waals surface area contributed by atoms with Crippen molar-refractivity contribution in [3.8, 4) is 5.75 Å². The Labute approximate surface area is 181 Å². The van der Waals surface area contributed by atoms with Gasteiger partial charge in [0.1, 0.15) is 17.6 Å². The monoisotopic (exact) mass is 415 g/mol. The van der Waals surface area contributed by atoms with E-state index in [0.717, 1.165) is 42.3 Å². The van der Waals surface area contributed by atoms with Crippen LogP contribution in [0.15, 0.2) is 76.4 Å². The van der Waals surface area contributed by atoms with Crippen molar-refractivity contribution in [3.63, 3.8) is 0 Å². The fourth-order valence-corrected chi connectivity index (χ4v) is 4.35. The Kier molecular flexibility index (Phi) is 5.30. The number of fused-ring (bicyclic) bond motifs is 1. The standard InChI is InChI=1S/C25H25N3O3/c1-30-21-10-8-19(9-11-21)22-15-23(24-7-4-14-31-24)28(26-22)25(29)17-27-13-12-18-5-2-3-6-20(18)16-27/h2-11,14,23H,12-13,15-17H2,1H3/t23-/m0/s1. The normalized spacial score (nSPS) is 18.5. The molecule has 0 spiro atoms. The lowest BCUT2D eigenvalue weighted by molar-refractivity contribution is -0.134. The Bertz CT molecular complexity index is 1090. The minimum Gasteiger partial charge on any atom is -0.497 e. The first-order chi connectivity index (χ1) is 15.2. The molecule has 0 radical (unpaired) electrons. The maximum Gasteiger partial charge on any atom is 0.257 e. The van der Waals surface area contributed by atoms with Crippen molar-refractivity contribution in [2.24, 2.45) is 5.10 Å². The number of hydrogen-bond donors (Lipinski definition) is 0. The second-order valence-electron chi connectivity index (χ2n) is 7.98. The number of amides is 1. The van der Waals surface area contributed by atoms with Crippen LogP contribution in [0, 0.1) is 0 Å². The molecule has 0 fully saturated rings. The third kappa shape index (κ3) is 3.99. The smallest absolute Gasteiger partial charge is 0.257 e. The van der Waals surface area contributed by atoms with Crippen molar-refractivity contribution in [2.75, 3.05) is 20.2 Å². The summed E-state index contributed by atoms with van der Waals surface area (Å²) in [5.74, 6) is 1.54. The highest BCUT2D eigenvalue weighted by Crippen LogP contribution is 2.33. The first kappa shape index (κ1) is 19.6. The van der Waals surface area contributed by atoms with Gasteiger partial charge in [0, 0.05) is 19.5 Å². The predicted molar refractivity (Wildman–Crippen MR) is 118 cm³/mol. The van der Waals surface area contributed by atoms with Crippen LogP contribution in [0.3, 0.4) is 0 Å². The van der Waals surface area contributed by atoms with Gasteiger partial charge < -0.3 is 9.15 Å². The van der Waals surface area contributed by atoms with Gasteiger partial charge in [-0.05, 0) is 59.5 Å². The molecule has 2 aliphatic rings. The van der Waals surface area contributed by atoms with Crippen LogP contribution in [0.4, 0.5) is 0 Å². The summed E-state index contributed by atoms with van der Waals surface area (Å²) in [6, 6.07) is 19.8. The van der Waals surface area contributed by atoms with E-state index < -0.39 is 0 Å². The number of carbonyl (C=O) groups is 1. The van der Waals surface area contributed by atoms with Crippen molar-refractivity contribution in [1.82, 2.24) is 9.91 Å². The van der Waals surface area contributed by atoms with Gasteiger partial charge in [-0.2, -0.15) is 5.10 Å². The molecule has 6 heteroatoms. The van der Waals surface area contributed by atoms with Gasteiger partial charge in [0.2, 0.25) is 0 Å². The molecule has 5 rings (SSSR count). The highest BCUT2D eigenvalue weighted by molar-refractivity contribution is 6.03. The number of hydrazone groups is 1. The zero-order chi connectivity index (χ0) is 21.2. The van der Waals surface area contributed by atoms with E-state index in [1.807, 2.05) is 36.4 Å². The Hall–Kier alpha value is -3.38. The van der Waals surface area contributed by atoms with E-state index in [4.69, 9.17) is 14.3 Å². The van der Waals surface area contributed by atoms with Gasteiger partial charge >= 0.3 is 0 Å². The highest BCUT2D eigenvalue weighted by Gasteiger charge is 2.35. The van der Waals surface area contributed by atoms with Crippen LogP contribution in [-0.4, -0.2) is 41.7 Å². The summed E-state index contributed by atoms with van der Waals surface area (Å²) < 4.78 is 10.9. The minimum absolute atomic E-state index is 0.00991. The van der Waals surface area contributed by atoms with Gasteiger partial charge in [0.05, 0.1) is 25.6 Å². The minimum atomic E-state index is -0.225. The number of nitrogens with zero attached hydrogens (tertiary/aromatic N) is 3. The van der Waals surface area contributed by atoms with Gasteiger partial charge in [-0.3, -0.25) is 9.69 Å². The van der Waals surface area contributed by atoms with E-state index in [1.165, 1.54) is 11.1 Å². The summed E-state index contributed by atoms with van der Waals surface area (Å²) in [5, 5.41) is 6.34. The summed E-state index contributed by atoms with van der Waals surface area (Å²) in [7, 11) is 1.65. The molecule has 2 aliphatic heterocycles. The first-order valence-corrected chi connectivity index (χ1v) is 10.6. The number of ether oxygens (including phenoxy) is 1. The lowest BCUT2D eigenvalue weighted by atomic mass is 10.00. The average Bonchev–Trinajstić information content (AvgIpc) is 3.49. The highest BCUT2D eigenvalue weighted by atomic mass is 16.5. The van der Waals surface area contributed by atoms with Crippen LogP contribution in [0.5, 0.6) is 5.75 Å². The van der Waals surface area contributed by atoms with Gasteiger partial charge in [-0.1, -0.05) is 24.3 Å². The number of methoxy groups -OCH3 is 1. The zero-order valence-electron chi connectivity index (χ0n) is 17.5. The quantitative estimate of drug-likeness (QED) is 0.632. The van der Waals surface area contributed by atoms with E-state index in [-0.39, 0.29) is 11.9 Å². The van der Waals surface area contributed by atoms with Gasteiger partial charge in [-0.25, -0.2) is 5.01 Å². The molecule has 2 aromatic carbocycles. The molecule has 31 heavy (non-hydrogen) atoms. The summed E-state index contributed by atoms with van der Waals surface area (Å²) in [6.45, 7) is 2.00. The number of carbonyl (C=O) groups excluding carboxylic acids is 1. The van der Waals surface area contributed by atoms with Gasteiger partial charge in [0.15, 0.2) is 0 Å². The first-order valence-electron chi connectivity index (χ1n) is 10.6. The molecule has 3 heterocycles. The van der Waals surface area contributed by atoms with Crippen LogP contribution < -0.4 is 4.74 Å². The van der Waals surface area contributed by atoms with Crippen LogP contribution in [-0.2, 0) is 17.8 Å². The Morgan fingerprint density at radius 1 is 1.10 bits per heavy atom. The predicted octanol–water partition coefficient (Wildman–Crippen LogP) is 4.02. The molecule has 1 aromatic heterocycles. The third-order valence-electron chi connectivity index (χ3n) is 6.03. The van der Waals surface area contributed by atoms with Crippen molar-refractivity contribution >= 4 is 11.6 Å². The van der Waals surface area contributed by atoms with Crippen molar-refractivity contribution in [2.45, 2.75) is 25.4 Å². The third-order valence-corrected chi connectivity index (χ3v) is 6.03. The van der Waals surface area contributed by atoms with Crippen LogP contribution in [0.2, 0.25) is 0 Å². The SMILES string of the molecule is COc1ccc(C2=NN(C(=O)CN3CCc4ccccc4C3)[C@H](c3ccco3)C2)cc1. The molecule has 0 N–H and O–H groups in total. The average molecular weight is 415 g/mol. The lowest BCUT2D eigenvalue weighted by Gasteiger charge is -2.30. The molecule has 3 aromatic rings. The van der Waals surface area contributed by atoms with E-state index >= 15 is 0 Å². The summed E-state index contributed by atoms with van der Waals surface area (Å²) >= 11 is 0. The van der Waals surface area contributed by atoms with Crippen molar-refractivity contribution in [3.05, 3.63) is 89.4 Å². The van der Waals surface area contributed by atoms with E-state index in [0.29, 0.717) is 13.0 Å². The molecule has 158 valence electrons. The topological polar surface area (TPSA) is 58.3 Å². The molecule has 0 saturated carbocycles. The van der Waals surface area contributed by atoms with E-state index in [2.05, 4.69) is 29.2 Å². The van der Waals surface area contributed by atoms with E-state index in [1.54, 1.807) is 18.4 Å². The maximum absolute atomic E-state index is 13.3. The molecule has 0 saturated heterocycles. The molecule has 6 nitrogen and oxygen atoms in total. The Balaban J connectivity index is 1.36. The molecule has 0 unspecified atom stereocenters. The van der Waals surface area contributed by atoms with Gasteiger partial charge in [-0.15, -0.1) is 0 Å². The molecule has 1 atom stereocenters. The maximum atomic E-state index is 13.3. The van der Waals surface area contributed by atoms with E-state index in [9.17, 15) is 4.79 Å². The fraction of sp³-hybridized carbons (Fsp3) is 0.280. The van der Waals surface area contributed by atoms with Crippen LogP contribution in [0.25, 0.3) is 0 Å². The molecule has 0 aliphatic carbocycles. The number of hydrogen-bond acceptors (Lipinski definition) is 5. The van der Waals surface area contributed by atoms with Crippen LogP contribution in [0.1, 0.15) is 34.9 Å². The van der Waals surface area contributed by atoms with Crippen LogP contribution >= 0.6 is 0 Å². The van der Waals surface area contributed by atoms with Crippen molar-refractivity contribution < 1.29 is 13.9 Å². The van der Waals surface area contributed by atoms with Crippen molar-refractivity contribution in [1.29, 1.82) is 0 Å². The number of furan rings is 1. The Morgan fingerprint density at radius 2 is 1.90 bits per heavy atom. The molecular formula is C25H25N3O3. The zero-order valence-corrected chi connectivity index (χ0v) is 17.5. The Morgan fingerprint density at radius 3 is 2.65 bits per heavy atom. The number of rotatable bonds is 5. The number of benzene rings is 2. The molecular weight excluding hydrogens is 390 g/mol. The second kappa shape index (κ2) is 8.40. The fourth-order valence-electron chi connectivity index (χ4n) is 4.35. The second-order valence-corrected chi connectivity index (χ2v) is 7.98. The van der Waals surface area contributed by atoms with Gasteiger partial charge in [0.25, 0.3) is 5.91 Å². The molecule has 0 bridgehead atoms. The summed E-state index contributed by atoms with van der Waals surface area (Å²) in [5.41, 5.74) is 4.54. The lowest BCUT2D eigenvalue weighted by Crippen LogP contribution is -2.40.